The Balaban J connectivity index is 0.000000146. The first-order valence-corrected chi connectivity index (χ1v) is 55.4. The molecule has 12 fully saturated rings. The molecule has 8 amide bonds. The summed E-state index contributed by atoms with van der Waals surface area (Å²) in [5, 5.41) is 53.9. The molecule has 0 radical (unpaired) electrons. The fourth-order valence-electron chi connectivity index (χ4n) is 22.3. The summed E-state index contributed by atoms with van der Waals surface area (Å²) in [6, 6.07) is 6.70. The predicted octanol–water partition coefficient (Wildman–Crippen LogP) is 18.4. The molecule has 0 spiro atoms. The Kier molecular flexibility index (Phi) is 41.9. The van der Waals surface area contributed by atoms with Crippen LogP contribution in [0, 0.1) is 17.8 Å². The number of aryl methyl sites for hydroxylation is 4. The third-order valence-electron chi connectivity index (χ3n) is 30.2. The average molecular weight is 1940 g/mol. The van der Waals surface area contributed by atoms with Gasteiger partial charge in [-0.25, -0.2) is 32.7 Å². The van der Waals surface area contributed by atoms with E-state index in [0.29, 0.717) is 122 Å². The van der Waals surface area contributed by atoms with Crippen LogP contribution in [0.25, 0.3) is 0 Å². The largest absolute Gasteiger partial charge is 0.724 e. The fourth-order valence-corrected chi connectivity index (χ4v) is 23.1. The van der Waals surface area contributed by atoms with Gasteiger partial charge in [0.15, 0.2) is 0 Å². The molecule has 4 aromatic heterocycles. The lowest BCUT2D eigenvalue weighted by molar-refractivity contribution is -0.929. The fraction of sp³-hybridized carbons (Fsp3) is 0.814. The van der Waals surface area contributed by atoms with Crippen LogP contribution in [0.15, 0.2) is 48.0 Å². The van der Waals surface area contributed by atoms with E-state index in [-0.39, 0.29) is 49.3 Å². The Morgan fingerprint density at radius 2 is 0.757 bits per heavy atom. The van der Waals surface area contributed by atoms with Crippen molar-refractivity contribution >= 4 is 44.9 Å². The van der Waals surface area contributed by atoms with E-state index in [1.54, 1.807) is 9.96 Å². The van der Waals surface area contributed by atoms with Gasteiger partial charge in [-0.2, -0.15) is 27.9 Å². The number of unbranched alkanes of at least 4 members (excludes halogenated alkanes) is 11. The van der Waals surface area contributed by atoms with Gasteiger partial charge in [0.2, 0.25) is 57.5 Å². The molecule has 39 heteroatoms. The SMILES string of the molecule is CCCC[N+](CCCC)(CCCC)CCCC.O=C1N(O)[C@@H]2CC[C@@H](c3nnc(CCCCCC4CCCCC4)o3)N1C2.O=C1N2C[C@@H](CC[C@H]2c2nnc(CCCCCC3CCCCC3)o2)N1OCc1ccccc1.O=C1N2C[C@@H](CC[C@H]2c2nnc(CCCCCC3CCCCC3)o2)N1OS(=O)(=O)[O-].O=C1N2C[C@@H](CC[C@H]2c2nnc(CCCCNC3CCNCC3)o2)N1OS(=O)(=O)O. The number of hydroxylamine groups is 8. The highest BCUT2D eigenvalue weighted by Gasteiger charge is 2.53. The summed E-state index contributed by atoms with van der Waals surface area (Å²) in [5.74, 6) is 7.08. The lowest BCUT2D eigenvalue weighted by Gasteiger charge is -2.39. The lowest BCUT2D eigenvalue weighted by atomic mass is 9.85. The number of rotatable bonds is 47. The number of carbonyl (C=O) groups is 4. The minimum absolute atomic E-state index is 0.0871. The third kappa shape index (κ3) is 31.4. The quantitative estimate of drug-likeness (QED) is 0.00924. The molecule has 5 aromatic rings. The van der Waals surface area contributed by atoms with Crippen molar-refractivity contribution in [3.8, 4) is 0 Å². The molecule has 0 unspecified atom stereocenters. The number of urea groups is 4. The van der Waals surface area contributed by atoms with Gasteiger partial charge in [0.1, 0.15) is 30.8 Å². The molecule has 12 aliphatic rings. The highest BCUT2D eigenvalue weighted by atomic mass is 32.3. The van der Waals surface area contributed by atoms with E-state index >= 15 is 0 Å². The van der Waals surface area contributed by atoms with Crippen LogP contribution < -0.4 is 10.6 Å². The molecule has 136 heavy (non-hydrogen) atoms. The minimum atomic E-state index is -5.00. The van der Waals surface area contributed by atoms with Crippen molar-refractivity contribution in [1.82, 2.24) is 91.3 Å². The van der Waals surface area contributed by atoms with Gasteiger partial charge in [0.25, 0.3) is 0 Å². The van der Waals surface area contributed by atoms with Crippen LogP contribution in [0.2, 0.25) is 0 Å². The number of nitrogens with zero attached hydrogens (tertiary/aromatic N) is 17. The summed E-state index contributed by atoms with van der Waals surface area (Å²) >= 11 is 0. The van der Waals surface area contributed by atoms with Crippen molar-refractivity contribution in [1.29, 1.82) is 0 Å². The molecule has 9 saturated heterocycles. The smallest absolute Gasteiger partial charge is 0.418 e. The monoisotopic (exact) mass is 1940 g/mol. The number of carbonyl (C=O) groups excluding carboxylic acids is 4. The molecule has 3 saturated carbocycles. The Labute approximate surface area is 806 Å². The molecular weight excluding hydrogens is 1780 g/mol. The number of piperidine rings is 5. The molecule has 8 atom stereocenters. The van der Waals surface area contributed by atoms with Gasteiger partial charge >= 0.3 is 34.5 Å². The van der Waals surface area contributed by atoms with Gasteiger partial charge < -0.3 is 56.9 Å². The minimum Gasteiger partial charge on any atom is -0.724 e. The lowest BCUT2D eigenvalue weighted by Crippen LogP contribution is -2.50. The summed E-state index contributed by atoms with van der Waals surface area (Å²) in [5.41, 5.74) is 1.05. The molecule has 8 bridgehead atoms. The molecule has 762 valence electrons. The normalized spacial score (nSPS) is 23.5. The average Bonchev–Trinajstić information content (AvgIpc) is 1.63. The summed E-state index contributed by atoms with van der Waals surface area (Å²) in [6.07, 6.45) is 59.4. The van der Waals surface area contributed by atoms with Crippen molar-refractivity contribution in [3.63, 3.8) is 0 Å². The molecular formula is C97H159N19O18S2. The zero-order valence-electron chi connectivity index (χ0n) is 81.7. The van der Waals surface area contributed by atoms with E-state index in [2.05, 4.69) is 87.7 Å². The number of hydrogen-bond donors (Lipinski definition) is 4. The second-order valence-corrected chi connectivity index (χ2v) is 42.3. The van der Waals surface area contributed by atoms with Crippen LogP contribution in [0.1, 0.15) is 406 Å². The molecule has 9 aliphatic heterocycles. The molecule has 13 heterocycles. The third-order valence-corrected chi connectivity index (χ3v) is 30.9. The Morgan fingerprint density at radius 1 is 0.412 bits per heavy atom. The van der Waals surface area contributed by atoms with Crippen molar-refractivity contribution in [2.24, 2.45) is 17.8 Å². The van der Waals surface area contributed by atoms with Gasteiger partial charge in [-0.1, -0.05) is 238 Å². The topological polar surface area (TPSA) is 433 Å². The van der Waals surface area contributed by atoms with E-state index < -0.39 is 57.0 Å². The highest BCUT2D eigenvalue weighted by Crippen LogP contribution is 2.44. The van der Waals surface area contributed by atoms with Crippen molar-refractivity contribution in [3.05, 3.63) is 83.0 Å². The zero-order valence-corrected chi connectivity index (χ0v) is 83.3. The van der Waals surface area contributed by atoms with Gasteiger partial charge in [-0.15, -0.1) is 45.1 Å². The Hall–Kier alpha value is -7.60. The number of nitrogens with one attached hydrogen (secondary N) is 2. The van der Waals surface area contributed by atoms with Crippen LogP contribution in [0.4, 0.5) is 19.2 Å². The van der Waals surface area contributed by atoms with Crippen LogP contribution in [-0.2, 0) is 66.5 Å². The van der Waals surface area contributed by atoms with Gasteiger partial charge in [0.05, 0.1) is 50.3 Å². The number of fused-ring (bicyclic) bond motifs is 8. The number of aromatic nitrogens is 8. The maximum absolute atomic E-state index is 13.0. The van der Waals surface area contributed by atoms with E-state index in [9.17, 15) is 45.8 Å². The number of hydrogen-bond acceptors (Lipinski definition) is 27. The van der Waals surface area contributed by atoms with Crippen molar-refractivity contribution in [2.75, 3.05) is 72.0 Å². The van der Waals surface area contributed by atoms with E-state index in [0.717, 1.165) is 138 Å². The van der Waals surface area contributed by atoms with Crippen LogP contribution in [-0.4, -0.2) is 243 Å². The van der Waals surface area contributed by atoms with Crippen molar-refractivity contribution < 1.29 is 85.9 Å². The molecule has 3 aliphatic carbocycles. The summed E-state index contributed by atoms with van der Waals surface area (Å²) in [6.45, 7) is 20.2. The molecule has 1 aromatic carbocycles. The summed E-state index contributed by atoms with van der Waals surface area (Å²) in [4.78, 5) is 62.3. The summed E-state index contributed by atoms with van der Waals surface area (Å²) < 4.78 is 97.1. The van der Waals surface area contributed by atoms with Crippen LogP contribution in [0.5, 0.6) is 0 Å². The standard InChI is InChI=1S/C26H36N4O3.C19H30N4O6S.C19H30N4O3.C17H28N6O6S.C16H36N/c31-26-29-18-22(30(26)32-19-21-13-7-2-8-14-21)16-17-23(29)25-28-27-24(33-25)15-9-3-6-12-20-10-4-1-5-11-20;24-19-22-13-15(23(19)29-30(25,26)27)11-12-16(22)18-21-20-17(28-18)10-6-2-5-9-14-7-3-1-4-8-14;24-19-22-13-15(23(19)25)11-12-16(22)18-21-20-17(26-18)10-6-2-5-9-14-7-3-1-4-8-14;24-17-22-11-13(23(17)29-30(25,26)27)4-5-14(22)16-21-20-15(28-16)3-1-2-8-19-12-6-9-18-10-7-12;1-5-9-13-17(14-10-6-2,15-11-7-3)16-12-8-4/h2,7-8,13-14,20,22-23H,1,3-6,9-12,15-19H2;14-16H,1-13H2,(H,25,26,27);14-16,25H,1-13H2;12-14,18-19H,1-11H2,(H,25,26,27);5-16H2,1-4H3/q;;;;+1/p-1/t22-,23+;2*15-,16+;13-,14+;/m1111./s1. The van der Waals surface area contributed by atoms with E-state index in [1.807, 2.05) is 35.2 Å². The number of amides is 8. The van der Waals surface area contributed by atoms with Gasteiger partial charge in [-0.05, 0) is 165 Å². The molecule has 37 nitrogen and oxygen atoms in total. The Morgan fingerprint density at radius 3 is 1.13 bits per heavy atom. The van der Waals surface area contributed by atoms with Gasteiger partial charge in [0, 0.05) is 57.9 Å². The van der Waals surface area contributed by atoms with Crippen molar-refractivity contribution in [2.45, 2.75) is 416 Å². The zero-order chi connectivity index (χ0) is 95.7. The first-order chi connectivity index (χ1) is 66.0. The first kappa shape index (κ1) is 106. The second-order valence-electron chi connectivity index (χ2n) is 40.3. The maximum atomic E-state index is 13.0. The maximum Gasteiger partial charge on any atom is 0.418 e. The molecule has 17 rings (SSSR count). The van der Waals surface area contributed by atoms with Crippen LogP contribution >= 0.6 is 0 Å². The van der Waals surface area contributed by atoms with Gasteiger partial charge in [-0.3, -0.25) is 14.6 Å². The number of benzene rings is 1. The van der Waals surface area contributed by atoms with E-state index in [4.69, 9.17) is 27.1 Å². The second kappa shape index (κ2) is 53.9. The number of quaternary nitrogens is 1. The van der Waals surface area contributed by atoms with Crippen LogP contribution in [0.3, 0.4) is 0 Å². The van der Waals surface area contributed by atoms with E-state index in [1.165, 1.54) is 240 Å². The Bertz CT molecular complexity index is 4430. The predicted molar refractivity (Wildman–Crippen MR) is 505 cm³/mol. The highest BCUT2D eigenvalue weighted by molar-refractivity contribution is 7.81. The summed E-state index contributed by atoms with van der Waals surface area (Å²) in [7, 11) is -9.76. The molecule has 4 N–H and O–H groups in total. The first-order valence-electron chi connectivity index (χ1n) is 52.7.